The van der Waals surface area contributed by atoms with Crippen molar-refractivity contribution in [2.75, 3.05) is 57.4 Å². The Morgan fingerprint density at radius 2 is 1.75 bits per heavy atom. The normalized spacial score (nSPS) is 24.1. The average Bonchev–Trinajstić information content (AvgIpc) is 2.99. The maximum absolute atomic E-state index is 5.51. The van der Waals surface area contributed by atoms with Gasteiger partial charge in [-0.3, -0.25) is 4.90 Å². The third kappa shape index (κ3) is 3.88. The van der Waals surface area contributed by atoms with Crippen molar-refractivity contribution in [1.29, 1.82) is 0 Å². The first-order valence-electron chi connectivity index (χ1n) is 9.18. The fraction of sp³-hybridized carbons (Fsp3) is 0.684. The maximum Gasteiger partial charge on any atom is 0.0642 e. The van der Waals surface area contributed by atoms with Gasteiger partial charge in [0.2, 0.25) is 0 Å². The van der Waals surface area contributed by atoms with Crippen molar-refractivity contribution >= 4 is 18.1 Å². The Morgan fingerprint density at radius 1 is 1.00 bits per heavy atom. The van der Waals surface area contributed by atoms with Crippen molar-refractivity contribution in [3.05, 3.63) is 29.8 Å². The quantitative estimate of drug-likeness (QED) is 0.905. The van der Waals surface area contributed by atoms with Crippen LogP contribution in [-0.2, 0) is 11.3 Å². The van der Waals surface area contributed by atoms with E-state index in [4.69, 9.17) is 4.74 Å². The summed E-state index contributed by atoms with van der Waals surface area (Å²) < 4.78 is 5.51. The summed E-state index contributed by atoms with van der Waals surface area (Å²) in [7, 11) is 0. The van der Waals surface area contributed by atoms with Gasteiger partial charge in [0.1, 0.15) is 0 Å². The lowest BCUT2D eigenvalue weighted by atomic mass is 9.78. The highest BCUT2D eigenvalue weighted by Gasteiger charge is 2.38. The molecular formula is C19H30ClN3O. The number of para-hydroxylation sites is 1. The number of ether oxygens (including phenoxy) is 1. The van der Waals surface area contributed by atoms with Gasteiger partial charge in [0.05, 0.1) is 13.2 Å². The van der Waals surface area contributed by atoms with E-state index in [-0.39, 0.29) is 12.4 Å². The first-order chi connectivity index (χ1) is 11.3. The summed E-state index contributed by atoms with van der Waals surface area (Å²) in [5, 5.41) is 3.52. The van der Waals surface area contributed by atoms with E-state index in [0.717, 1.165) is 32.8 Å². The highest BCUT2D eigenvalue weighted by Crippen LogP contribution is 2.39. The number of hydrogen-bond donors (Lipinski definition) is 1. The number of anilines is 1. The average molecular weight is 352 g/mol. The molecule has 0 aromatic heterocycles. The molecule has 4 rings (SSSR count). The standard InChI is InChI=1S/C19H29N3O.ClH/c1-2-4-18(22-11-13-23-14-12-22)17(3-1)15-21-10-7-19(16-21)5-8-20-9-6-19;/h1-4,20H,5-16H2;1H. The monoisotopic (exact) mass is 351 g/mol. The molecule has 3 aliphatic heterocycles. The van der Waals surface area contributed by atoms with Gasteiger partial charge in [-0.25, -0.2) is 0 Å². The van der Waals surface area contributed by atoms with E-state index in [1.165, 1.54) is 56.7 Å². The number of benzene rings is 1. The molecule has 1 aromatic carbocycles. The molecule has 3 heterocycles. The zero-order chi connectivity index (χ0) is 15.5. The Balaban J connectivity index is 0.00000169. The van der Waals surface area contributed by atoms with Crippen LogP contribution in [0, 0.1) is 5.41 Å². The van der Waals surface area contributed by atoms with Crippen LogP contribution < -0.4 is 10.2 Å². The van der Waals surface area contributed by atoms with E-state index >= 15 is 0 Å². The third-order valence-corrected chi connectivity index (χ3v) is 5.92. The van der Waals surface area contributed by atoms with Crippen molar-refractivity contribution in [1.82, 2.24) is 10.2 Å². The highest BCUT2D eigenvalue weighted by molar-refractivity contribution is 5.85. The fourth-order valence-corrected chi connectivity index (χ4v) is 4.53. The lowest BCUT2D eigenvalue weighted by Gasteiger charge is -2.34. The second-order valence-corrected chi connectivity index (χ2v) is 7.44. The van der Waals surface area contributed by atoms with E-state index in [1.54, 1.807) is 0 Å². The Bertz CT molecular complexity index is 527. The molecule has 0 unspecified atom stereocenters. The van der Waals surface area contributed by atoms with Crippen LogP contribution in [0.1, 0.15) is 24.8 Å². The summed E-state index contributed by atoms with van der Waals surface area (Å²) in [6.07, 6.45) is 4.09. The van der Waals surface area contributed by atoms with Crippen LogP contribution in [0.3, 0.4) is 0 Å². The van der Waals surface area contributed by atoms with Gasteiger partial charge in [-0.2, -0.15) is 0 Å². The van der Waals surface area contributed by atoms with Crippen LogP contribution >= 0.6 is 12.4 Å². The number of rotatable bonds is 3. The molecule has 3 fully saturated rings. The van der Waals surface area contributed by atoms with Gasteiger partial charge in [0.15, 0.2) is 0 Å². The predicted octanol–water partition coefficient (Wildman–Crippen LogP) is 2.52. The Morgan fingerprint density at radius 3 is 2.54 bits per heavy atom. The number of nitrogens with zero attached hydrogens (tertiary/aromatic N) is 2. The van der Waals surface area contributed by atoms with E-state index in [9.17, 15) is 0 Å². The van der Waals surface area contributed by atoms with Crippen molar-refractivity contribution < 1.29 is 4.74 Å². The van der Waals surface area contributed by atoms with E-state index in [1.807, 2.05) is 0 Å². The summed E-state index contributed by atoms with van der Waals surface area (Å²) in [4.78, 5) is 5.18. The second kappa shape index (κ2) is 8.05. The Labute approximate surface area is 151 Å². The molecule has 1 aromatic rings. The molecule has 1 spiro atoms. The van der Waals surface area contributed by atoms with Crippen molar-refractivity contribution in [2.24, 2.45) is 5.41 Å². The summed E-state index contributed by atoms with van der Waals surface area (Å²) in [6, 6.07) is 8.97. The van der Waals surface area contributed by atoms with E-state index in [0.29, 0.717) is 5.41 Å². The summed E-state index contributed by atoms with van der Waals surface area (Å²) >= 11 is 0. The van der Waals surface area contributed by atoms with E-state index in [2.05, 4.69) is 39.4 Å². The molecule has 0 radical (unpaired) electrons. The molecule has 3 aliphatic rings. The van der Waals surface area contributed by atoms with Gasteiger partial charge in [-0.15, -0.1) is 12.4 Å². The molecular weight excluding hydrogens is 322 g/mol. The predicted molar refractivity (Wildman–Crippen MR) is 101 cm³/mol. The molecule has 3 saturated heterocycles. The van der Waals surface area contributed by atoms with E-state index < -0.39 is 0 Å². The molecule has 134 valence electrons. The molecule has 0 amide bonds. The number of likely N-dealkylation sites (tertiary alicyclic amines) is 1. The Hall–Kier alpha value is -0.810. The van der Waals surface area contributed by atoms with Gasteiger partial charge in [-0.1, -0.05) is 18.2 Å². The molecule has 0 aliphatic carbocycles. The highest BCUT2D eigenvalue weighted by atomic mass is 35.5. The first-order valence-corrected chi connectivity index (χ1v) is 9.18. The van der Waals surface area contributed by atoms with Crippen LogP contribution in [0.15, 0.2) is 24.3 Å². The second-order valence-electron chi connectivity index (χ2n) is 7.44. The molecule has 1 N–H and O–H groups in total. The van der Waals surface area contributed by atoms with Gasteiger partial charge < -0.3 is 15.0 Å². The molecule has 0 atom stereocenters. The molecule has 0 saturated carbocycles. The molecule has 24 heavy (non-hydrogen) atoms. The first kappa shape index (κ1) is 18.0. The molecule has 0 bridgehead atoms. The number of piperidine rings is 1. The summed E-state index contributed by atoms with van der Waals surface area (Å²) in [6.45, 7) is 9.81. The lowest BCUT2D eigenvalue weighted by Crippen LogP contribution is -2.39. The molecule has 4 nitrogen and oxygen atoms in total. The minimum Gasteiger partial charge on any atom is -0.378 e. The minimum absolute atomic E-state index is 0. The van der Waals surface area contributed by atoms with Crippen molar-refractivity contribution in [3.63, 3.8) is 0 Å². The van der Waals surface area contributed by atoms with Crippen LogP contribution in [0.25, 0.3) is 0 Å². The van der Waals surface area contributed by atoms with Crippen molar-refractivity contribution in [3.8, 4) is 0 Å². The van der Waals surface area contributed by atoms with Gasteiger partial charge >= 0.3 is 0 Å². The maximum atomic E-state index is 5.51. The van der Waals surface area contributed by atoms with Crippen LogP contribution in [0.2, 0.25) is 0 Å². The zero-order valence-electron chi connectivity index (χ0n) is 14.5. The number of morpholine rings is 1. The smallest absolute Gasteiger partial charge is 0.0642 e. The fourth-order valence-electron chi connectivity index (χ4n) is 4.53. The topological polar surface area (TPSA) is 27.7 Å². The summed E-state index contributed by atoms with van der Waals surface area (Å²) in [5.41, 5.74) is 3.50. The largest absolute Gasteiger partial charge is 0.378 e. The van der Waals surface area contributed by atoms with Gasteiger partial charge in [-0.05, 0) is 55.9 Å². The number of nitrogens with one attached hydrogen (secondary N) is 1. The van der Waals surface area contributed by atoms with Gasteiger partial charge in [0.25, 0.3) is 0 Å². The lowest BCUT2D eigenvalue weighted by molar-refractivity contribution is 0.122. The number of halogens is 1. The van der Waals surface area contributed by atoms with Gasteiger partial charge in [0, 0.05) is 31.9 Å². The van der Waals surface area contributed by atoms with Crippen molar-refractivity contribution in [2.45, 2.75) is 25.8 Å². The minimum atomic E-state index is 0. The van der Waals surface area contributed by atoms with Crippen LogP contribution in [0.5, 0.6) is 0 Å². The Kier molecular flexibility index (Phi) is 6.03. The number of hydrogen-bond acceptors (Lipinski definition) is 4. The van der Waals surface area contributed by atoms with Crippen LogP contribution in [-0.4, -0.2) is 57.4 Å². The van der Waals surface area contributed by atoms with Crippen LogP contribution in [0.4, 0.5) is 5.69 Å². The SMILES string of the molecule is Cl.c1ccc(N2CCOCC2)c(CN2CCC3(CCNCC3)C2)c1. The zero-order valence-corrected chi connectivity index (χ0v) is 15.3. The molecule has 5 heteroatoms. The third-order valence-electron chi connectivity index (χ3n) is 5.92. The summed E-state index contributed by atoms with van der Waals surface area (Å²) in [5.74, 6) is 0.